The predicted octanol–water partition coefficient (Wildman–Crippen LogP) is 0.256. The SMILES string of the molecule is CCC1CON=C([C@@]23CN[C@@H](CO2)C3)O1. The van der Waals surface area contributed by atoms with E-state index in [2.05, 4.69) is 17.4 Å². The van der Waals surface area contributed by atoms with Gasteiger partial charge in [-0.1, -0.05) is 6.92 Å². The first-order chi connectivity index (χ1) is 7.32. The molecule has 3 aliphatic rings. The monoisotopic (exact) mass is 212 g/mol. The van der Waals surface area contributed by atoms with E-state index < -0.39 is 0 Å². The summed E-state index contributed by atoms with van der Waals surface area (Å²) in [6, 6.07) is 0.457. The van der Waals surface area contributed by atoms with E-state index in [1.165, 1.54) is 0 Å². The van der Waals surface area contributed by atoms with E-state index in [1.54, 1.807) is 0 Å². The first kappa shape index (κ1) is 9.42. The van der Waals surface area contributed by atoms with Crippen molar-refractivity contribution in [2.45, 2.75) is 37.5 Å². The molecule has 3 atom stereocenters. The Kier molecular flexibility index (Phi) is 2.10. The van der Waals surface area contributed by atoms with Crippen molar-refractivity contribution in [3.63, 3.8) is 0 Å². The van der Waals surface area contributed by atoms with Crippen LogP contribution in [0.5, 0.6) is 0 Å². The molecule has 5 heteroatoms. The van der Waals surface area contributed by atoms with Crippen LogP contribution in [0.1, 0.15) is 19.8 Å². The van der Waals surface area contributed by atoms with Crippen LogP contribution in [0.3, 0.4) is 0 Å². The molecule has 0 aromatic heterocycles. The second-order valence-corrected chi connectivity index (χ2v) is 4.43. The van der Waals surface area contributed by atoms with Crippen LogP contribution in [-0.2, 0) is 14.3 Å². The van der Waals surface area contributed by atoms with E-state index in [1.807, 2.05) is 0 Å². The highest BCUT2D eigenvalue weighted by Gasteiger charge is 2.53. The van der Waals surface area contributed by atoms with Gasteiger partial charge in [0.2, 0.25) is 0 Å². The summed E-state index contributed by atoms with van der Waals surface area (Å²) in [7, 11) is 0. The molecule has 2 bridgehead atoms. The van der Waals surface area contributed by atoms with Gasteiger partial charge in [-0.3, -0.25) is 0 Å². The Morgan fingerprint density at radius 1 is 1.53 bits per heavy atom. The molecule has 0 aromatic carbocycles. The van der Waals surface area contributed by atoms with E-state index in [-0.39, 0.29) is 11.7 Å². The van der Waals surface area contributed by atoms with Gasteiger partial charge in [0.15, 0.2) is 12.2 Å². The number of hydrogen-bond acceptors (Lipinski definition) is 5. The van der Waals surface area contributed by atoms with E-state index >= 15 is 0 Å². The molecule has 5 nitrogen and oxygen atoms in total. The van der Waals surface area contributed by atoms with Gasteiger partial charge in [0.05, 0.1) is 6.61 Å². The van der Waals surface area contributed by atoms with Crippen LogP contribution >= 0.6 is 0 Å². The maximum atomic E-state index is 5.80. The first-order valence-corrected chi connectivity index (χ1v) is 5.57. The highest BCUT2D eigenvalue weighted by molar-refractivity contribution is 5.86. The largest absolute Gasteiger partial charge is 0.469 e. The number of ether oxygens (including phenoxy) is 2. The van der Waals surface area contributed by atoms with E-state index in [0.29, 0.717) is 18.5 Å². The molecule has 3 rings (SSSR count). The van der Waals surface area contributed by atoms with Crippen molar-refractivity contribution in [2.75, 3.05) is 19.8 Å². The number of rotatable bonds is 2. The second-order valence-electron chi connectivity index (χ2n) is 4.43. The molecule has 0 radical (unpaired) electrons. The first-order valence-electron chi connectivity index (χ1n) is 5.57. The zero-order chi connectivity index (χ0) is 10.3. The van der Waals surface area contributed by atoms with Gasteiger partial charge in [-0.05, 0) is 11.6 Å². The maximum Gasteiger partial charge on any atom is 0.260 e. The van der Waals surface area contributed by atoms with Gasteiger partial charge in [0.25, 0.3) is 5.90 Å². The molecule has 1 unspecified atom stereocenters. The number of oxime groups is 1. The third-order valence-electron chi connectivity index (χ3n) is 3.34. The van der Waals surface area contributed by atoms with Crippen molar-refractivity contribution < 1.29 is 14.3 Å². The van der Waals surface area contributed by atoms with Crippen LogP contribution in [-0.4, -0.2) is 43.4 Å². The fraction of sp³-hybridized carbons (Fsp3) is 0.900. The molecular formula is C10H16N2O3. The van der Waals surface area contributed by atoms with Crippen molar-refractivity contribution in [1.82, 2.24) is 5.32 Å². The molecule has 3 aliphatic heterocycles. The standard InChI is InChI=1S/C10H16N2O3/c1-2-8-5-14-12-9(15-8)10-3-7(4-13-10)11-6-10/h7-8,11H,2-6H2,1H3/t7-,8?,10-/m1/s1. The van der Waals surface area contributed by atoms with E-state index in [9.17, 15) is 0 Å². The Morgan fingerprint density at radius 2 is 2.47 bits per heavy atom. The second kappa shape index (κ2) is 3.35. The Bertz CT molecular complexity index is 284. The summed E-state index contributed by atoms with van der Waals surface area (Å²) in [5.74, 6) is 0.633. The molecule has 3 heterocycles. The van der Waals surface area contributed by atoms with Crippen LogP contribution in [0.4, 0.5) is 0 Å². The molecule has 0 saturated carbocycles. The third kappa shape index (κ3) is 1.41. The maximum absolute atomic E-state index is 5.80. The summed E-state index contributed by atoms with van der Waals surface area (Å²) in [6.45, 7) is 4.17. The third-order valence-corrected chi connectivity index (χ3v) is 3.34. The van der Waals surface area contributed by atoms with Gasteiger partial charge < -0.3 is 19.6 Å². The smallest absolute Gasteiger partial charge is 0.260 e. The lowest BCUT2D eigenvalue weighted by Gasteiger charge is -2.32. The topological polar surface area (TPSA) is 52.1 Å². The van der Waals surface area contributed by atoms with Crippen molar-refractivity contribution >= 4 is 5.90 Å². The van der Waals surface area contributed by atoms with Gasteiger partial charge >= 0.3 is 0 Å². The van der Waals surface area contributed by atoms with Crippen LogP contribution < -0.4 is 5.32 Å². The average Bonchev–Trinajstić information content (AvgIpc) is 2.90. The van der Waals surface area contributed by atoms with Crippen LogP contribution in [0.25, 0.3) is 0 Å². The van der Waals surface area contributed by atoms with E-state index in [4.69, 9.17) is 14.3 Å². The zero-order valence-corrected chi connectivity index (χ0v) is 8.86. The quantitative estimate of drug-likeness (QED) is 0.713. The summed E-state index contributed by atoms with van der Waals surface area (Å²) in [6.07, 6.45) is 2.01. The summed E-state index contributed by atoms with van der Waals surface area (Å²) >= 11 is 0. The molecule has 1 N–H and O–H groups in total. The van der Waals surface area contributed by atoms with E-state index in [0.717, 1.165) is 26.0 Å². The highest BCUT2D eigenvalue weighted by Crippen LogP contribution is 2.34. The lowest BCUT2D eigenvalue weighted by Crippen LogP contribution is -2.49. The fourth-order valence-corrected chi connectivity index (χ4v) is 2.35. The van der Waals surface area contributed by atoms with Crippen LogP contribution in [0.2, 0.25) is 0 Å². The Balaban J connectivity index is 1.79. The minimum atomic E-state index is -0.349. The highest BCUT2D eigenvalue weighted by atomic mass is 16.7. The van der Waals surface area contributed by atoms with Gasteiger partial charge in [-0.2, -0.15) is 0 Å². The molecule has 0 aromatic rings. The number of hydrogen-bond donors (Lipinski definition) is 1. The molecule has 0 spiro atoms. The average molecular weight is 212 g/mol. The van der Waals surface area contributed by atoms with Crippen molar-refractivity contribution in [3.05, 3.63) is 0 Å². The Hall–Kier alpha value is -0.810. The summed E-state index contributed by atoms with van der Waals surface area (Å²) < 4.78 is 11.6. The molecule has 0 aliphatic carbocycles. The number of morpholine rings is 1. The van der Waals surface area contributed by atoms with Gasteiger partial charge in [-0.15, -0.1) is 0 Å². The Morgan fingerprint density at radius 3 is 3.07 bits per heavy atom. The molecule has 0 amide bonds. The van der Waals surface area contributed by atoms with Gasteiger partial charge in [0.1, 0.15) is 6.10 Å². The van der Waals surface area contributed by atoms with Crippen LogP contribution in [0, 0.1) is 0 Å². The number of nitrogens with zero attached hydrogens (tertiary/aromatic N) is 1. The van der Waals surface area contributed by atoms with Gasteiger partial charge in [0, 0.05) is 19.0 Å². The van der Waals surface area contributed by atoms with Crippen molar-refractivity contribution in [2.24, 2.45) is 5.16 Å². The van der Waals surface area contributed by atoms with Gasteiger partial charge in [-0.25, -0.2) is 0 Å². The lowest BCUT2D eigenvalue weighted by atomic mass is 10.0. The van der Waals surface area contributed by atoms with Crippen molar-refractivity contribution in [1.29, 1.82) is 0 Å². The summed E-state index contributed by atoms with van der Waals surface area (Å²) in [5.41, 5.74) is -0.349. The zero-order valence-electron chi connectivity index (χ0n) is 8.86. The number of nitrogens with one attached hydrogen (secondary N) is 1. The lowest BCUT2D eigenvalue weighted by molar-refractivity contribution is -0.0362. The fourth-order valence-electron chi connectivity index (χ4n) is 2.35. The predicted molar refractivity (Wildman–Crippen MR) is 53.6 cm³/mol. The summed E-state index contributed by atoms with van der Waals surface area (Å²) in [5, 5.41) is 7.39. The summed E-state index contributed by atoms with van der Waals surface area (Å²) in [4.78, 5) is 5.20. The molecule has 2 saturated heterocycles. The minimum Gasteiger partial charge on any atom is -0.469 e. The Labute approximate surface area is 88.7 Å². The normalized spacial score (nSPS) is 43.4. The molecule has 15 heavy (non-hydrogen) atoms. The molecular weight excluding hydrogens is 196 g/mol. The molecule has 84 valence electrons. The molecule has 2 fully saturated rings. The minimum absolute atomic E-state index is 0.120. The van der Waals surface area contributed by atoms with Crippen LogP contribution in [0.15, 0.2) is 5.16 Å². The van der Waals surface area contributed by atoms with Crippen molar-refractivity contribution in [3.8, 4) is 0 Å². The number of fused-ring (bicyclic) bond motifs is 2.